The van der Waals surface area contributed by atoms with Crippen molar-refractivity contribution >= 4 is 15.9 Å². The number of hydrogen-bond acceptors (Lipinski definition) is 4. The molecule has 0 spiro atoms. The molecule has 7 heteroatoms. The van der Waals surface area contributed by atoms with Crippen LogP contribution in [0.15, 0.2) is 18.2 Å². The van der Waals surface area contributed by atoms with Crippen LogP contribution in [0.1, 0.15) is 11.1 Å². The minimum absolute atomic E-state index is 0.277. The van der Waals surface area contributed by atoms with E-state index in [0.717, 1.165) is 11.1 Å². The Morgan fingerprint density at radius 3 is 2.95 bits per heavy atom. The van der Waals surface area contributed by atoms with Crippen molar-refractivity contribution in [1.29, 1.82) is 0 Å². The summed E-state index contributed by atoms with van der Waals surface area (Å²) in [6.07, 6.45) is 0.709. The Kier molecular flexibility index (Phi) is 4.41. The van der Waals surface area contributed by atoms with E-state index in [1.807, 2.05) is 18.2 Å². The third-order valence-electron chi connectivity index (χ3n) is 3.14. The normalized spacial score (nSPS) is 16.3. The van der Waals surface area contributed by atoms with Gasteiger partial charge in [-0.3, -0.25) is 0 Å². The average Bonchev–Trinajstić information content (AvgIpc) is 2.38. The average molecular weight is 285 g/mol. The van der Waals surface area contributed by atoms with E-state index in [1.54, 1.807) is 0 Å². The van der Waals surface area contributed by atoms with E-state index in [1.165, 1.54) is 11.4 Å². The van der Waals surface area contributed by atoms with Crippen molar-refractivity contribution in [2.45, 2.75) is 13.0 Å². The number of nitrogens with two attached hydrogens (primary N) is 1. The van der Waals surface area contributed by atoms with Crippen LogP contribution in [0.5, 0.6) is 0 Å². The quantitative estimate of drug-likeness (QED) is 0.594. The van der Waals surface area contributed by atoms with Crippen molar-refractivity contribution in [3.8, 4) is 0 Å². The lowest BCUT2D eigenvalue weighted by molar-refractivity contribution is 0.203. The van der Waals surface area contributed by atoms with Gasteiger partial charge < -0.3 is 10.5 Å². The van der Waals surface area contributed by atoms with E-state index in [4.69, 9.17) is 10.5 Å². The van der Waals surface area contributed by atoms with E-state index < -0.39 is 10.2 Å². The van der Waals surface area contributed by atoms with Crippen LogP contribution in [0.3, 0.4) is 0 Å². The van der Waals surface area contributed by atoms with E-state index in [0.29, 0.717) is 31.8 Å². The molecule has 3 N–H and O–H groups in total. The van der Waals surface area contributed by atoms with Gasteiger partial charge in [-0.2, -0.15) is 17.4 Å². The fourth-order valence-electron chi connectivity index (χ4n) is 2.12. The molecule has 0 aliphatic carbocycles. The predicted octanol–water partition coefficient (Wildman–Crippen LogP) is 0.108. The molecule has 0 unspecified atom stereocenters. The van der Waals surface area contributed by atoms with Gasteiger partial charge in [0, 0.05) is 32.4 Å². The first-order valence-corrected chi connectivity index (χ1v) is 7.58. The van der Waals surface area contributed by atoms with Gasteiger partial charge in [-0.1, -0.05) is 6.07 Å². The summed E-state index contributed by atoms with van der Waals surface area (Å²) in [5.41, 5.74) is 8.53. The second-order valence-corrected chi connectivity index (χ2v) is 6.26. The first-order chi connectivity index (χ1) is 9.03. The molecule has 0 amide bonds. The summed E-state index contributed by atoms with van der Waals surface area (Å²) in [4.78, 5) is 0. The van der Waals surface area contributed by atoms with Crippen molar-refractivity contribution in [3.05, 3.63) is 29.3 Å². The van der Waals surface area contributed by atoms with E-state index in [9.17, 15) is 8.42 Å². The molecule has 0 radical (unpaired) electrons. The van der Waals surface area contributed by atoms with Gasteiger partial charge >= 0.3 is 0 Å². The lowest BCUT2D eigenvalue weighted by Crippen LogP contribution is -2.44. The smallest absolute Gasteiger partial charge is 0.279 e. The lowest BCUT2D eigenvalue weighted by Gasteiger charge is -2.28. The molecule has 0 saturated heterocycles. The third kappa shape index (κ3) is 3.44. The molecule has 2 rings (SSSR count). The van der Waals surface area contributed by atoms with Crippen LogP contribution in [-0.2, 0) is 27.9 Å². The van der Waals surface area contributed by atoms with Gasteiger partial charge in [0.15, 0.2) is 0 Å². The number of nitrogens with one attached hydrogen (secondary N) is 1. The first kappa shape index (κ1) is 14.3. The van der Waals surface area contributed by atoms with E-state index >= 15 is 0 Å². The van der Waals surface area contributed by atoms with Gasteiger partial charge in [0.05, 0.1) is 6.61 Å². The molecule has 0 saturated carbocycles. The number of hydrogen-bond donors (Lipinski definition) is 2. The van der Waals surface area contributed by atoms with Gasteiger partial charge in [-0.05, 0) is 29.7 Å². The summed E-state index contributed by atoms with van der Waals surface area (Å²) in [6, 6.07) is 5.65. The Bertz CT molecular complexity index is 545. The Balaban J connectivity index is 2.08. The minimum Gasteiger partial charge on any atom is -0.399 e. The molecule has 0 aromatic heterocycles. The van der Waals surface area contributed by atoms with Crippen LogP contribution in [0.2, 0.25) is 0 Å². The maximum absolute atomic E-state index is 12.1. The van der Waals surface area contributed by atoms with Gasteiger partial charge in [-0.25, -0.2) is 0 Å². The molecule has 1 heterocycles. The Morgan fingerprint density at radius 2 is 2.21 bits per heavy atom. The van der Waals surface area contributed by atoms with Crippen molar-refractivity contribution < 1.29 is 13.2 Å². The predicted molar refractivity (Wildman–Crippen MR) is 73.8 cm³/mol. The second-order valence-electron chi connectivity index (χ2n) is 4.50. The fourth-order valence-corrected chi connectivity index (χ4v) is 3.28. The van der Waals surface area contributed by atoms with Crippen molar-refractivity contribution in [2.24, 2.45) is 0 Å². The highest BCUT2D eigenvalue weighted by atomic mass is 32.2. The Morgan fingerprint density at radius 1 is 1.42 bits per heavy atom. The number of benzene rings is 1. The maximum Gasteiger partial charge on any atom is 0.279 e. The summed E-state index contributed by atoms with van der Waals surface area (Å²) in [6.45, 7) is 1.48. The lowest BCUT2D eigenvalue weighted by atomic mass is 10.0. The molecule has 0 fully saturated rings. The Hall–Kier alpha value is -1.15. The van der Waals surface area contributed by atoms with Gasteiger partial charge in [-0.15, -0.1) is 0 Å². The summed E-state index contributed by atoms with van der Waals surface area (Å²) >= 11 is 0. The van der Waals surface area contributed by atoms with Gasteiger partial charge in [0.25, 0.3) is 10.2 Å². The van der Waals surface area contributed by atoms with Crippen LogP contribution in [0.4, 0.5) is 5.69 Å². The Labute approximate surface area is 113 Å². The summed E-state index contributed by atoms with van der Waals surface area (Å²) in [5, 5.41) is 0. The van der Waals surface area contributed by atoms with Gasteiger partial charge in [0.2, 0.25) is 0 Å². The topological polar surface area (TPSA) is 84.7 Å². The summed E-state index contributed by atoms with van der Waals surface area (Å²) < 4.78 is 33.0. The molecule has 1 aliphatic rings. The number of anilines is 1. The molecule has 1 aromatic carbocycles. The van der Waals surface area contributed by atoms with E-state index in [-0.39, 0.29) is 6.54 Å². The van der Waals surface area contributed by atoms with Crippen LogP contribution >= 0.6 is 0 Å². The first-order valence-electron chi connectivity index (χ1n) is 6.14. The number of rotatable bonds is 5. The maximum atomic E-state index is 12.1. The zero-order valence-corrected chi connectivity index (χ0v) is 11.7. The van der Waals surface area contributed by atoms with Crippen LogP contribution < -0.4 is 10.5 Å². The summed E-state index contributed by atoms with van der Waals surface area (Å²) in [7, 11) is -1.91. The van der Waals surface area contributed by atoms with Crippen LogP contribution in [-0.4, -0.2) is 39.5 Å². The molecular weight excluding hydrogens is 266 g/mol. The number of methoxy groups -OCH3 is 1. The number of fused-ring (bicyclic) bond motifs is 1. The van der Waals surface area contributed by atoms with Crippen LogP contribution in [0, 0.1) is 0 Å². The van der Waals surface area contributed by atoms with Crippen molar-refractivity contribution in [3.63, 3.8) is 0 Å². The molecule has 19 heavy (non-hydrogen) atoms. The largest absolute Gasteiger partial charge is 0.399 e. The minimum atomic E-state index is -3.45. The highest BCUT2D eigenvalue weighted by molar-refractivity contribution is 7.87. The van der Waals surface area contributed by atoms with Crippen LogP contribution in [0.25, 0.3) is 0 Å². The molecular formula is C12H19N3O3S. The third-order valence-corrected chi connectivity index (χ3v) is 4.70. The number of ether oxygens (including phenoxy) is 1. The highest BCUT2D eigenvalue weighted by Crippen LogP contribution is 2.22. The second kappa shape index (κ2) is 5.87. The number of nitrogens with zero attached hydrogens (tertiary/aromatic N) is 1. The molecule has 106 valence electrons. The molecule has 0 atom stereocenters. The monoisotopic (exact) mass is 285 g/mol. The zero-order chi connectivity index (χ0) is 13.9. The number of nitrogen functional groups attached to an aromatic ring is 1. The molecule has 1 aliphatic heterocycles. The van der Waals surface area contributed by atoms with Gasteiger partial charge in [0.1, 0.15) is 0 Å². The van der Waals surface area contributed by atoms with Crippen molar-refractivity contribution in [2.75, 3.05) is 32.5 Å². The SMILES string of the molecule is COCCNS(=O)(=O)N1CCc2ccc(N)cc2C1. The van der Waals surface area contributed by atoms with E-state index in [2.05, 4.69) is 4.72 Å². The molecule has 0 bridgehead atoms. The molecule has 1 aromatic rings. The van der Waals surface area contributed by atoms with Crippen molar-refractivity contribution in [1.82, 2.24) is 9.03 Å². The summed E-state index contributed by atoms with van der Waals surface area (Å²) in [5.74, 6) is 0. The molecule has 6 nitrogen and oxygen atoms in total. The standard InChI is InChI=1S/C12H19N3O3S/c1-18-7-5-14-19(16,17)15-6-4-10-2-3-12(13)8-11(10)9-15/h2-3,8,14H,4-7,9,13H2,1H3. The highest BCUT2D eigenvalue weighted by Gasteiger charge is 2.26. The zero-order valence-electron chi connectivity index (χ0n) is 10.9. The fraction of sp³-hybridized carbons (Fsp3) is 0.500.